The first-order valence-electron chi connectivity index (χ1n) is 6.81. The number of nitrogens with two attached hydrogens (primary N) is 1. The van der Waals surface area contributed by atoms with Gasteiger partial charge in [0, 0.05) is 26.2 Å². The summed E-state index contributed by atoms with van der Waals surface area (Å²) in [7, 11) is 3.83. The van der Waals surface area contributed by atoms with E-state index in [1.807, 2.05) is 21.0 Å². The number of piperidine rings is 1. The van der Waals surface area contributed by atoms with Crippen molar-refractivity contribution < 1.29 is 4.79 Å². The number of nitrogens with one attached hydrogen (secondary N) is 1. The van der Waals surface area contributed by atoms with Crippen LogP contribution in [0.5, 0.6) is 0 Å². The molecule has 1 unspecified atom stereocenters. The number of anilines is 1. The molecule has 1 saturated heterocycles. The van der Waals surface area contributed by atoms with Gasteiger partial charge in [-0.1, -0.05) is 0 Å². The Morgan fingerprint density at radius 1 is 1.53 bits per heavy atom. The van der Waals surface area contributed by atoms with Crippen molar-refractivity contribution in [3.8, 4) is 0 Å². The van der Waals surface area contributed by atoms with Crippen LogP contribution < -0.4 is 16.0 Å². The molecule has 1 fully saturated rings. The normalized spacial score (nSPS) is 19.7. The first kappa shape index (κ1) is 13.9. The lowest BCUT2D eigenvalue weighted by Gasteiger charge is -2.37. The van der Waals surface area contributed by atoms with E-state index in [4.69, 9.17) is 5.73 Å². The number of likely N-dealkylation sites (N-methyl/N-ethyl adjacent to an activating group) is 1. The van der Waals surface area contributed by atoms with Crippen LogP contribution in [0.4, 0.5) is 5.82 Å². The Morgan fingerprint density at radius 3 is 2.89 bits per heavy atom. The van der Waals surface area contributed by atoms with E-state index in [-0.39, 0.29) is 0 Å². The van der Waals surface area contributed by atoms with Gasteiger partial charge in [-0.2, -0.15) is 5.10 Å². The summed E-state index contributed by atoms with van der Waals surface area (Å²) < 4.78 is 1.78. The van der Waals surface area contributed by atoms with Crippen molar-refractivity contribution in [3.05, 3.63) is 11.3 Å². The molecule has 1 amide bonds. The Hall–Kier alpha value is -1.56. The summed E-state index contributed by atoms with van der Waals surface area (Å²) in [6.07, 6.45) is 3.50. The third kappa shape index (κ3) is 2.58. The van der Waals surface area contributed by atoms with E-state index in [0.29, 0.717) is 17.3 Å². The summed E-state index contributed by atoms with van der Waals surface area (Å²) in [6.45, 7) is 3.69. The molecule has 1 atom stereocenters. The van der Waals surface area contributed by atoms with E-state index < -0.39 is 5.91 Å². The maximum absolute atomic E-state index is 11.7. The van der Waals surface area contributed by atoms with Gasteiger partial charge in [-0.15, -0.1) is 0 Å². The second-order valence-corrected chi connectivity index (χ2v) is 5.17. The van der Waals surface area contributed by atoms with E-state index >= 15 is 0 Å². The average molecular weight is 265 g/mol. The van der Waals surface area contributed by atoms with Gasteiger partial charge in [-0.05, 0) is 33.2 Å². The molecule has 0 bridgehead atoms. The summed E-state index contributed by atoms with van der Waals surface area (Å²) >= 11 is 0. The summed E-state index contributed by atoms with van der Waals surface area (Å²) in [5.41, 5.74) is 6.79. The molecule has 6 nitrogen and oxygen atoms in total. The molecule has 0 saturated carbocycles. The third-order valence-corrected chi connectivity index (χ3v) is 3.78. The lowest BCUT2D eigenvalue weighted by atomic mass is 10.0. The molecule has 3 N–H and O–H groups in total. The predicted molar refractivity (Wildman–Crippen MR) is 75.4 cm³/mol. The summed E-state index contributed by atoms with van der Waals surface area (Å²) in [5, 5.41) is 7.58. The van der Waals surface area contributed by atoms with E-state index in [1.54, 1.807) is 4.68 Å². The standard InChI is InChI=1S/C13H23N5O/c1-9-11(12(14)19)13(17(3)16-9)18-7-5-4-6-10(18)8-15-2/h10,15H,4-8H2,1-3H3,(H2,14,19). The van der Waals surface area contributed by atoms with Gasteiger partial charge < -0.3 is 16.0 Å². The number of nitrogens with zero attached hydrogens (tertiary/aromatic N) is 3. The number of carbonyl (C=O) groups is 1. The fourth-order valence-corrected chi connectivity index (χ4v) is 2.99. The fourth-order valence-electron chi connectivity index (χ4n) is 2.99. The number of carbonyl (C=O) groups excluding carboxylic acids is 1. The largest absolute Gasteiger partial charge is 0.365 e. The highest BCUT2D eigenvalue weighted by Crippen LogP contribution is 2.29. The van der Waals surface area contributed by atoms with Crippen molar-refractivity contribution in [3.63, 3.8) is 0 Å². The van der Waals surface area contributed by atoms with Gasteiger partial charge in [0.05, 0.1) is 5.69 Å². The van der Waals surface area contributed by atoms with Crippen LogP contribution in [0, 0.1) is 6.92 Å². The average Bonchev–Trinajstić information content (AvgIpc) is 2.65. The van der Waals surface area contributed by atoms with Crippen molar-refractivity contribution in [2.45, 2.75) is 32.2 Å². The van der Waals surface area contributed by atoms with Gasteiger partial charge in [-0.25, -0.2) is 0 Å². The van der Waals surface area contributed by atoms with Gasteiger partial charge in [0.25, 0.3) is 5.91 Å². The summed E-state index contributed by atoms with van der Waals surface area (Å²) in [5.74, 6) is 0.472. The Bertz CT molecular complexity index is 466. The molecule has 0 radical (unpaired) electrons. The molecule has 1 aliphatic rings. The number of amides is 1. The molecule has 1 aromatic rings. The third-order valence-electron chi connectivity index (χ3n) is 3.78. The van der Waals surface area contributed by atoms with Crippen LogP contribution >= 0.6 is 0 Å². The Morgan fingerprint density at radius 2 is 2.26 bits per heavy atom. The predicted octanol–water partition coefficient (Wildman–Crippen LogP) is 0.406. The molecule has 19 heavy (non-hydrogen) atoms. The molecule has 0 aromatic carbocycles. The van der Waals surface area contributed by atoms with Crippen LogP contribution in [0.2, 0.25) is 0 Å². The van der Waals surface area contributed by atoms with E-state index in [9.17, 15) is 4.79 Å². The highest BCUT2D eigenvalue weighted by molar-refractivity contribution is 5.99. The molecule has 1 aromatic heterocycles. The zero-order valence-corrected chi connectivity index (χ0v) is 11.9. The van der Waals surface area contributed by atoms with Gasteiger partial charge in [0.1, 0.15) is 11.4 Å². The first-order chi connectivity index (χ1) is 9.06. The number of hydrogen-bond acceptors (Lipinski definition) is 4. The van der Waals surface area contributed by atoms with Crippen molar-refractivity contribution in [2.24, 2.45) is 12.8 Å². The highest BCUT2D eigenvalue weighted by atomic mass is 16.1. The number of hydrogen-bond donors (Lipinski definition) is 2. The van der Waals surface area contributed by atoms with E-state index in [0.717, 1.165) is 31.7 Å². The van der Waals surface area contributed by atoms with Crippen LogP contribution in [0.25, 0.3) is 0 Å². The summed E-state index contributed by atoms with van der Waals surface area (Å²) in [6, 6.07) is 0.395. The molecular weight excluding hydrogens is 242 g/mol. The van der Waals surface area contributed by atoms with Crippen molar-refractivity contribution in [1.29, 1.82) is 0 Å². The minimum absolute atomic E-state index is 0.394. The SMILES string of the molecule is CNCC1CCCCN1c1c(C(N)=O)c(C)nn1C. The van der Waals surface area contributed by atoms with Gasteiger partial charge >= 0.3 is 0 Å². The highest BCUT2D eigenvalue weighted by Gasteiger charge is 2.29. The van der Waals surface area contributed by atoms with E-state index in [1.165, 1.54) is 6.42 Å². The second-order valence-electron chi connectivity index (χ2n) is 5.17. The van der Waals surface area contributed by atoms with E-state index in [2.05, 4.69) is 15.3 Å². The molecule has 2 rings (SSSR count). The number of aryl methyl sites for hydroxylation is 2. The lowest BCUT2D eigenvalue weighted by molar-refractivity contribution is 0.1000. The molecule has 0 spiro atoms. The number of rotatable bonds is 4. The van der Waals surface area contributed by atoms with Crippen LogP contribution in [0.3, 0.4) is 0 Å². The topological polar surface area (TPSA) is 76.2 Å². The van der Waals surface area contributed by atoms with Crippen LogP contribution in [-0.4, -0.2) is 41.9 Å². The lowest BCUT2D eigenvalue weighted by Crippen LogP contribution is -2.46. The van der Waals surface area contributed by atoms with Gasteiger partial charge in [-0.3, -0.25) is 9.48 Å². The van der Waals surface area contributed by atoms with Crippen molar-refractivity contribution in [2.75, 3.05) is 25.0 Å². The van der Waals surface area contributed by atoms with Gasteiger partial charge in [0.2, 0.25) is 0 Å². The number of aromatic nitrogens is 2. The molecular formula is C13H23N5O. The van der Waals surface area contributed by atoms with Crippen molar-refractivity contribution in [1.82, 2.24) is 15.1 Å². The molecule has 1 aliphatic heterocycles. The fraction of sp³-hybridized carbons (Fsp3) is 0.692. The van der Waals surface area contributed by atoms with Crippen LogP contribution in [0.1, 0.15) is 35.3 Å². The minimum atomic E-state index is -0.394. The smallest absolute Gasteiger partial charge is 0.254 e. The second kappa shape index (κ2) is 5.61. The molecule has 2 heterocycles. The molecule has 106 valence electrons. The summed E-state index contributed by atoms with van der Waals surface area (Å²) in [4.78, 5) is 14.0. The van der Waals surface area contributed by atoms with Crippen LogP contribution in [0.15, 0.2) is 0 Å². The van der Waals surface area contributed by atoms with Crippen molar-refractivity contribution >= 4 is 11.7 Å². The maximum Gasteiger partial charge on any atom is 0.254 e. The number of primary amides is 1. The Kier molecular flexibility index (Phi) is 4.09. The maximum atomic E-state index is 11.7. The minimum Gasteiger partial charge on any atom is -0.365 e. The molecule has 0 aliphatic carbocycles. The van der Waals surface area contributed by atoms with Crippen LogP contribution in [-0.2, 0) is 7.05 Å². The first-order valence-corrected chi connectivity index (χ1v) is 6.81. The quantitative estimate of drug-likeness (QED) is 0.826. The van der Waals surface area contributed by atoms with Gasteiger partial charge in [0.15, 0.2) is 0 Å². The monoisotopic (exact) mass is 265 g/mol. The molecule has 6 heteroatoms. The Labute approximate surface area is 113 Å². The zero-order chi connectivity index (χ0) is 14.0. The zero-order valence-electron chi connectivity index (χ0n) is 11.9. The Balaban J connectivity index is 2.41.